The van der Waals surface area contributed by atoms with Gasteiger partial charge in [0.2, 0.25) is 5.91 Å². The Morgan fingerprint density at radius 1 is 0.914 bits per heavy atom. The summed E-state index contributed by atoms with van der Waals surface area (Å²) in [6.45, 7) is 0.203. The maximum absolute atomic E-state index is 13.4. The number of thiocarbonyl (C=S) groups is 1. The molecule has 1 atom stereocenters. The number of anilines is 1. The minimum atomic E-state index is -1.04. The second-order valence-corrected chi connectivity index (χ2v) is 8.97. The van der Waals surface area contributed by atoms with Gasteiger partial charge < -0.3 is 5.32 Å². The van der Waals surface area contributed by atoms with Crippen LogP contribution in [-0.4, -0.2) is 38.8 Å². The summed E-state index contributed by atoms with van der Waals surface area (Å²) < 4.78 is 0. The van der Waals surface area contributed by atoms with Crippen molar-refractivity contribution in [1.82, 2.24) is 15.3 Å². The van der Waals surface area contributed by atoms with E-state index in [1.165, 1.54) is 9.91 Å². The first-order chi connectivity index (χ1) is 16.8. The van der Waals surface area contributed by atoms with Gasteiger partial charge in [0.1, 0.15) is 6.04 Å². The zero-order valence-electron chi connectivity index (χ0n) is 18.3. The average Bonchev–Trinajstić information content (AvgIpc) is 3.05. The summed E-state index contributed by atoms with van der Waals surface area (Å²) in [5.74, 6) is -1.34. The highest BCUT2D eigenvalue weighted by molar-refractivity contribution is 7.80. The van der Waals surface area contributed by atoms with Crippen molar-refractivity contribution in [2.75, 3.05) is 5.32 Å². The number of amides is 3. The van der Waals surface area contributed by atoms with Crippen LogP contribution in [0.1, 0.15) is 22.3 Å². The van der Waals surface area contributed by atoms with Crippen molar-refractivity contribution in [3.63, 3.8) is 0 Å². The van der Waals surface area contributed by atoms with Crippen molar-refractivity contribution in [3.8, 4) is 0 Å². The number of nitrogens with zero attached hydrogens (tertiary/aromatic N) is 2. The standard InChI is InChI=1S/C25H20Cl2N4O3S/c26-18-12-10-17(11-13-18)23(33)29-31-21(14-22(32)28-20-9-5-4-8-19(20)27)24(34)30(25(31)35)15-16-6-2-1-3-7-16/h1-13,21H,14-15H2,(H,28,32)(H,29,33). The molecule has 178 valence electrons. The topological polar surface area (TPSA) is 81.8 Å². The van der Waals surface area contributed by atoms with Gasteiger partial charge in [-0.3, -0.25) is 24.7 Å². The quantitative estimate of drug-likeness (QED) is 0.437. The number of hydrazine groups is 1. The van der Waals surface area contributed by atoms with Crippen molar-refractivity contribution in [1.29, 1.82) is 0 Å². The van der Waals surface area contributed by atoms with Gasteiger partial charge in [-0.05, 0) is 54.2 Å². The fraction of sp³-hybridized carbons (Fsp3) is 0.120. The summed E-state index contributed by atoms with van der Waals surface area (Å²) in [5.41, 5.74) is 4.28. The van der Waals surface area contributed by atoms with Crippen molar-refractivity contribution in [2.45, 2.75) is 19.0 Å². The molecule has 4 rings (SSSR count). The molecule has 0 spiro atoms. The Hall–Kier alpha value is -3.46. The molecule has 10 heteroatoms. The zero-order chi connectivity index (χ0) is 24.9. The lowest BCUT2D eigenvalue weighted by Gasteiger charge is -2.24. The largest absolute Gasteiger partial charge is 0.325 e. The highest BCUT2D eigenvalue weighted by Gasteiger charge is 2.44. The zero-order valence-corrected chi connectivity index (χ0v) is 20.6. The van der Waals surface area contributed by atoms with Crippen LogP contribution in [0.2, 0.25) is 10.0 Å². The lowest BCUT2D eigenvalue weighted by atomic mass is 10.1. The van der Waals surface area contributed by atoms with Crippen LogP contribution < -0.4 is 10.7 Å². The Kier molecular flexibility index (Phi) is 7.65. The summed E-state index contributed by atoms with van der Waals surface area (Å²) in [5, 5.41) is 4.92. The van der Waals surface area contributed by atoms with Crippen molar-refractivity contribution in [2.24, 2.45) is 0 Å². The molecule has 1 saturated heterocycles. The van der Waals surface area contributed by atoms with E-state index in [4.69, 9.17) is 35.4 Å². The molecule has 7 nitrogen and oxygen atoms in total. The van der Waals surface area contributed by atoms with Crippen LogP contribution in [0.25, 0.3) is 0 Å². The molecule has 0 radical (unpaired) electrons. The maximum Gasteiger partial charge on any atom is 0.269 e. The van der Waals surface area contributed by atoms with Crippen LogP contribution in [-0.2, 0) is 16.1 Å². The van der Waals surface area contributed by atoms with Crippen molar-refractivity contribution >= 4 is 63.9 Å². The lowest BCUT2D eigenvalue weighted by Crippen LogP contribution is -2.49. The molecule has 3 amide bonds. The van der Waals surface area contributed by atoms with E-state index in [1.54, 1.807) is 48.5 Å². The molecule has 2 N–H and O–H groups in total. The molecule has 0 bridgehead atoms. The van der Waals surface area contributed by atoms with Crippen molar-refractivity contribution in [3.05, 3.63) is 100 Å². The molecule has 3 aromatic carbocycles. The summed E-state index contributed by atoms with van der Waals surface area (Å²) in [6, 6.07) is 21.3. The number of hydrogen-bond acceptors (Lipinski definition) is 4. The Balaban J connectivity index is 1.56. The minimum Gasteiger partial charge on any atom is -0.325 e. The maximum atomic E-state index is 13.4. The normalized spacial score (nSPS) is 15.3. The third kappa shape index (κ3) is 5.79. The minimum absolute atomic E-state index is 0.0942. The Bertz CT molecular complexity index is 1270. The molecule has 1 unspecified atom stereocenters. The van der Waals surface area contributed by atoms with Gasteiger partial charge in [0.25, 0.3) is 11.8 Å². The first kappa shape index (κ1) is 24.7. The molecule has 3 aromatic rings. The molecule has 1 aliphatic rings. The second kappa shape index (κ2) is 10.9. The SMILES string of the molecule is O=C(CC1C(=O)N(Cc2ccccc2)C(=S)N1NC(=O)c1ccc(Cl)cc1)Nc1ccccc1Cl. The lowest BCUT2D eigenvalue weighted by molar-refractivity contribution is -0.131. The summed E-state index contributed by atoms with van der Waals surface area (Å²) in [6.07, 6.45) is -0.254. The van der Waals surface area contributed by atoms with Crippen LogP contribution >= 0.6 is 35.4 Å². The predicted molar refractivity (Wildman–Crippen MR) is 139 cm³/mol. The number of rotatable bonds is 7. The van der Waals surface area contributed by atoms with E-state index in [0.717, 1.165) is 5.56 Å². The average molecular weight is 527 g/mol. The molecule has 0 aromatic heterocycles. The Labute approximate surface area is 217 Å². The van der Waals surface area contributed by atoms with Gasteiger partial charge in [0.05, 0.1) is 23.7 Å². The van der Waals surface area contributed by atoms with Crippen molar-refractivity contribution < 1.29 is 14.4 Å². The highest BCUT2D eigenvalue weighted by Crippen LogP contribution is 2.24. The summed E-state index contributed by atoms with van der Waals surface area (Å²) in [7, 11) is 0. The first-order valence-corrected chi connectivity index (χ1v) is 11.8. The van der Waals surface area contributed by atoms with E-state index < -0.39 is 23.8 Å². The van der Waals surface area contributed by atoms with E-state index in [0.29, 0.717) is 21.3 Å². The number of hydrogen-bond donors (Lipinski definition) is 2. The predicted octanol–water partition coefficient (Wildman–Crippen LogP) is 4.66. The molecular weight excluding hydrogens is 507 g/mol. The Morgan fingerprint density at radius 3 is 2.26 bits per heavy atom. The van der Waals surface area contributed by atoms with Gasteiger partial charge in [0, 0.05) is 10.6 Å². The van der Waals surface area contributed by atoms with E-state index in [9.17, 15) is 14.4 Å². The number of carbonyl (C=O) groups excluding carboxylic acids is 3. The number of nitrogens with one attached hydrogen (secondary N) is 2. The highest BCUT2D eigenvalue weighted by atomic mass is 35.5. The fourth-order valence-electron chi connectivity index (χ4n) is 3.58. The van der Waals surface area contributed by atoms with Gasteiger partial charge in [-0.15, -0.1) is 0 Å². The molecular formula is C25H20Cl2N4O3S. The van der Waals surface area contributed by atoms with Gasteiger partial charge in [-0.1, -0.05) is 65.7 Å². The third-order valence-electron chi connectivity index (χ3n) is 5.34. The summed E-state index contributed by atoms with van der Waals surface area (Å²) in [4.78, 5) is 40.5. The number of benzene rings is 3. The molecule has 1 fully saturated rings. The number of carbonyl (C=O) groups is 3. The Morgan fingerprint density at radius 2 is 1.57 bits per heavy atom. The van der Waals surface area contributed by atoms with Gasteiger partial charge in [0.15, 0.2) is 5.11 Å². The van der Waals surface area contributed by atoms with Crippen LogP contribution in [0.5, 0.6) is 0 Å². The molecule has 0 aliphatic carbocycles. The van der Waals surface area contributed by atoms with E-state index >= 15 is 0 Å². The van der Waals surface area contributed by atoms with Gasteiger partial charge >= 0.3 is 0 Å². The number of halogens is 2. The molecule has 0 saturated carbocycles. The summed E-state index contributed by atoms with van der Waals surface area (Å²) >= 11 is 17.6. The molecule has 1 aliphatic heterocycles. The smallest absolute Gasteiger partial charge is 0.269 e. The molecule has 1 heterocycles. The first-order valence-electron chi connectivity index (χ1n) is 10.6. The monoisotopic (exact) mass is 526 g/mol. The van der Waals surface area contributed by atoms with Gasteiger partial charge in [-0.2, -0.15) is 0 Å². The number of para-hydroxylation sites is 1. The third-order valence-corrected chi connectivity index (χ3v) is 6.34. The van der Waals surface area contributed by atoms with Crippen LogP contribution in [0.4, 0.5) is 5.69 Å². The molecule has 35 heavy (non-hydrogen) atoms. The van der Waals surface area contributed by atoms with Gasteiger partial charge in [-0.25, -0.2) is 5.01 Å². The van der Waals surface area contributed by atoms with E-state index in [1.807, 2.05) is 30.3 Å². The van der Waals surface area contributed by atoms with Crippen LogP contribution in [0, 0.1) is 0 Å². The van der Waals surface area contributed by atoms with Crippen LogP contribution in [0.15, 0.2) is 78.9 Å². The second-order valence-electron chi connectivity index (χ2n) is 7.76. The van der Waals surface area contributed by atoms with E-state index in [2.05, 4.69) is 10.7 Å². The van der Waals surface area contributed by atoms with E-state index in [-0.39, 0.29) is 18.1 Å². The fourth-order valence-corrected chi connectivity index (χ4v) is 4.21. The van der Waals surface area contributed by atoms with Crippen LogP contribution in [0.3, 0.4) is 0 Å².